The van der Waals surface area contributed by atoms with E-state index in [0.717, 1.165) is 18.7 Å². The Kier molecular flexibility index (Phi) is 4.70. The lowest BCUT2D eigenvalue weighted by Gasteiger charge is -2.19. The molecule has 0 aliphatic carbocycles. The summed E-state index contributed by atoms with van der Waals surface area (Å²) < 4.78 is 10.4. The van der Waals surface area contributed by atoms with Crippen LogP contribution in [0.25, 0.3) is 0 Å². The summed E-state index contributed by atoms with van der Waals surface area (Å²) in [5.74, 6) is 1.02. The number of hydrogen-bond acceptors (Lipinski definition) is 3. The number of ether oxygens (including phenoxy) is 1. The van der Waals surface area contributed by atoms with Crippen LogP contribution >= 0.6 is 0 Å². The fraction of sp³-hybridized carbons (Fsp3) is 0.636. The van der Waals surface area contributed by atoms with Crippen LogP contribution in [0, 0.1) is 0 Å². The first kappa shape index (κ1) is 11.3. The summed E-state index contributed by atoms with van der Waals surface area (Å²) in [7, 11) is 1.73. The van der Waals surface area contributed by atoms with Crippen LogP contribution in [0.1, 0.15) is 19.6 Å². The molecule has 0 saturated carbocycles. The summed E-state index contributed by atoms with van der Waals surface area (Å²) in [6.07, 6.45) is 2.87. The second-order valence-corrected chi connectivity index (χ2v) is 3.51. The minimum absolute atomic E-state index is 0.242. The first-order chi connectivity index (χ1) is 6.74. The fourth-order valence-corrected chi connectivity index (χ4v) is 1.25. The standard InChI is InChI=1S/C11H19NO2/c1-9(10(2)13-3)12-7-6-11-5-4-8-14-11/h4-5,8-10,12H,6-7H2,1-3H3. The molecule has 0 fully saturated rings. The molecule has 1 aromatic heterocycles. The zero-order valence-electron chi connectivity index (χ0n) is 9.12. The van der Waals surface area contributed by atoms with Crippen molar-refractivity contribution in [2.45, 2.75) is 32.4 Å². The lowest BCUT2D eigenvalue weighted by atomic mass is 10.2. The van der Waals surface area contributed by atoms with Crippen LogP contribution < -0.4 is 5.32 Å². The normalized spacial score (nSPS) is 15.4. The van der Waals surface area contributed by atoms with Crippen molar-refractivity contribution in [3.05, 3.63) is 24.2 Å². The Labute approximate surface area is 85.4 Å². The smallest absolute Gasteiger partial charge is 0.105 e. The Morgan fingerprint density at radius 1 is 1.50 bits per heavy atom. The maximum atomic E-state index is 5.23. The molecule has 0 saturated heterocycles. The number of methoxy groups -OCH3 is 1. The van der Waals surface area contributed by atoms with Crippen molar-refractivity contribution in [1.29, 1.82) is 0 Å². The molecule has 1 N–H and O–H groups in total. The summed E-state index contributed by atoms with van der Waals surface area (Å²) in [5.41, 5.74) is 0. The lowest BCUT2D eigenvalue weighted by molar-refractivity contribution is 0.0889. The Balaban J connectivity index is 2.15. The summed E-state index contributed by atoms with van der Waals surface area (Å²) in [5, 5.41) is 3.39. The quantitative estimate of drug-likeness (QED) is 0.755. The van der Waals surface area contributed by atoms with E-state index in [1.54, 1.807) is 13.4 Å². The maximum Gasteiger partial charge on any atom is 0.105 e. The van der Waals surface area contributed by atoms with Gasteiger partial charge in [0.25, 0.3) is 0 Å². The predicted molar refractivity (Wildman–Crippen MR) is 56.3 cm³/mol. The van der Waals surface area contributed by atoms with Crippen molar-refractivity contribution in [2.75, 3.05) is 13.7 Å². The van der Waals surface area contributed by atoms with Crippen molar-refractivity contribution in [2.24, 2.45) is 0 Å². The Morgan fingerprint density at radius 3 is 2.86 bits per heavy atom. The van der Waals surface area contributed by atoms with E-state index in [9.17, 15) is 0 Å². The third-order valence-electron chi connectivity index (χ3n) is 2.49. The van der Waals surface area contributed by atoms with Gasteiger partial charge in [0.15, 0.2) is 0 Å². The highest BCUT2D eigenvalue weighted by molar-refractivity contribution is 4.98. The van der Waals surface area contributed by atoms with Crippen LogP contribution in [-0.2, 0) is 11.2 Å². The molecule has 0 aromatic carbocycles. The van der Waals surface area contributed by atoms with Gasteiger partial charge in [0.05, 0.1) is 12.4 Å². The highest BCUT2D eigenvalue weighted by Gasteiger charge is 2.09. The van der Waals surface area contributed by atoms with Gasteiger partial charge in [0.2, 0.25) is 0 Å². The van der Waals surface area contributed by atoms with Gasteiger partial charge >= 0.3 is 0 Å². The van der Waals surface area contributed by atoms with Gasteiger partial charge < -0.3 is 14.5 Å². The van der Waals surface area contributed by atoms with Gasteiger partial charge in [-0.25, -0.2) is 0 Å². The molecular weight excluding hydrogens is 178 g/mol. The maximum absolute atomic E-state index is 5.23. The molecule has 3 nitrogen and oxygen atoms in total. The van der Waals surface area contributed by atoms with Crippen molar-refractivity contribution >= 4 is 0 Å². The predicted octanol–water partition coefficient (Wildman–Crippen LogP) is 1.84. The van der Waals surface area contributed by atoms with Crippen molar-refractivity contribution in [1.82, 2.24) is 5.32 Å². The van der Waals surface area contributed by atoms with Crippen LogP contribution in [0.4, 0.5) is 0 Å². The van der Waals surface area contributed by atoms with E-state index < -0.39 is 0 Å². The van der Waals surface area contributed by atoms with Crippen LogP contribution in [0.2, 0.25) is 0 Å². The first-order valence-electron chi connectivity index (χ1n) is 5.02. The molecule has 1 rings (SSSR count). The van der Waals surface area contributed by atoms with Gasteiger partial charge in [0, 0.05) is 26.1 Å². The Morgan fingerprint density at radius 2 is 2.29 bits per heavy atom. The lowest BCUT2D eigenvalue weighted by Crippen LogP contribution is -2.37. The molecule has 0 aliphatic rings. The molecular formula is C11H19NO2. The number of rotatable bonds is 6. The van der Waals surface area contributed by atoms with E-state index >= 15 is 0 Å². The number of nitrogens with one attached hydrogen (secondary N) is 1. The number of hydrogen-bond donors (Lipinski definition) is 1. The molecule has 14 heavy (non-hydrogen) atoms. The average Bonchev–Trinajstić information content (AvgIpc) is 2.69. The van der Waals surface area contributed by atoms with E-state index in [4.69, 9.17) is 9.15 Å². The molecule has 2 atom stereocenters. The first-order valence-corrected chi connectivity index (χ1v) is 5.02. The second-order valence-electron chi connectivity index (χ2n) is 3.51. The molecule has 0 amide bonds. The van der Waals surface area contributed by atoms with Gasteiger partial charge in [-0.1, -0.05) is 0 Å². The van der Waals surface area contributed by atoms with E-state index in [1.165, 1.54) is 0 Å². The topological polar surface area (TPSA) is 34.4 Å². The van der Waals surface area contributed by atoms with Gasteiger partial charge in [-0.2, -0.15) is 0 Å². The van der Waals surface area contributed by atoms with E-state index in [0.29, 0.717) is 6.04 Å². The molecule has 0 spiro atoms. The average molecular weight is 197 g/mol. The van der Waals surface area contributed by atoms with Gasteiger partial charge in [-0.05, 0) is 26.0 Å². The van der Waals surface area contributed by atoms with Gasteiger partial charge in [0.1, 0.15) is 5.76 Å². The van der Waals surface area contributed by atoms with Crippen molar-refractivity contribution < 1.29 is 9.15 Å². The van der Waals surface area contributed by atoms with Crippen molar-refractivity contribution in [3.8, 4) is 0 Å². The van der Waals surface area contributed by atoms with Crippen LogP contribution in [0.5, 0.6) is 0 Å². The molecule has 1 heterocycles. The van der Waals surface area contributed by atoms with Crippen LogP contribution in [-0.4, -0.2) is 25.8 Å². The van der Waals surface area contributed by atoms with E-state index in [-0.39, 0.29) is 6.10 Å². The highest BCUT2D eigenvalue weighted by Crippen LogP contribution is 2.01. The molecule has 0 bridgehead atoms. The zero-order valence-corrected chi connectivity index (χ0v) is 9.12. The fourth-order valence-electron chi connectivity index (χ4n) is 1.25. The molecule has 80 valence electrons. The van der Waals surface area contributed by atoms with Crippen molar-refractivity contribution in [3.63, 3.8) is 0 Å². The SMILES string of the molecule is COC(C)C(C)NCCc1ccco1. The van der Waals surface area contributed by atoms with E-state index in [2.05, 4.69) is 19.2 Å². The highest BCUT2D eigenvalue weighted by atomic mass is 16.5. The summed E-state index contributed by atoms with van der Waals surface area (Å²) >= 11 is 0. The monoisotopic (exact) mass is 197 g/mol. The number of furan rings is 1. The summed E-state index contributed by atoms with van der Waals surface area (Å²) in [4.78, 5) is 0. The van der Waals surface area contributed by atoms with Gasteiger partial charge in [-0.3, -0.25) is 0 Å². The largest absolute Gasteiger partial charge is 0.469 e. The zero-order chi connectivity index (χ0) is 10.4. The third-order valence-corrected chi connectivity index (χ3v) is 2.49. The Hall–Kier alpha value is -0.800. The summed E-state index contributed by atoms with van der Waals surface area (Å²) in [6, 6.07) is 4.28. The molecule has 0 aliphatic heterocycles. The third kappa shape index (κ3) is 3.52. The van der Waals surface area contributed by atoms with E-state index in [1.807, 2.05) is 12.1 Å². The minimum atomic E-state index is 0.242. The molecule has 0 radical (unpaired) electrons. The second kappa shape index (κ2) is 5.83. The molecule has 1 aromatic rings. The molecule has 2 unspecified atom stereocenters. The minimum Gasteiger partial charge on any atom is -0.469 e. The summed E-state index contributed by atoms with van der Waals surface area (Å²) in [6.45, 7) is 5.10. The van der Waals surface area contributed by atoms with Crippen LogP contribution in [0.3, 0.4) is 0 Å². The Bertz CT molecular complexity index is 233. The van der Waals surface area contributed by atoms with Gasteiger partial charge in [-0.15, -0.1) is 0 Å². The molecule has 3 heteroatoms. The van der Waals surface area contributed by atoms with Crippen LogP contribution in [0.15, 0.2) is 22.8 Å².